The summed E-state index contributed by atoms with van der Waals surface area (Å²) in [5, 5.41) is -0.332. The maximum Gasteiger partial charge on any atom is 0.355 e. The lowest BCUT2D eigenvalue weighted by atomic mass is 10.1. The van der Waals surface area contributed by atoms with Crippen molar-refractivity contribution in [2.45, 2.75) is 37.8 Å². The maximum absolute atomic E-state index is 12.4. The lowest BCUT2D eigenvalue weighted by Crippen LogP contribution is -2.13. The van der Waals surface area contributed by atoms with Gasteiger partial charge in [0.05, 0.1) is 6.61 Å². The van der Waals surface area contributed by atoms with Crippen molar-refractivity contribution >= 4 is 30.3 Å². The lowest BCUT2D eigenvalue weighted by Gasteiger charge is -2.17. The predicted octanol–water partition coefficient (Wildman–Crippen LogP) is 3.51. The zero-order chi connectivity index (χ0) is 17.8. The van der Waals surface area contributed by atoms with Crippen LogP contribution in [0.1, 0.15) is 37.1 Å². The van der Waals surface area contributed by atoms with Crippen LogP contribution in [0.2, 0.25) is 0 Å². The Morgan fingerprint density at radius 3 is 2.43 bits per heavy atom. The Kier molecular flexibility index (Phi) is 7.32. The van der Waals surface area contributed by atoms with Gasteiger partial charge in [-0.2, -0.15) is 21.0 Å². The van der Waals surface area contributed by atoms with Crippen LogP contribution in [-0.2, 0) is 23.4 Å². The Labute approximate surface area is 143 Å². The van der Waals surface area contributed by atoms with Crippen LogP contribution in [0.4, 0.5) is 0 Å². The molecule has 1 N–H and O–H groups in total. The Bertz CT molecular complexity index is 685. The average molecular weight is 382 g/mol. The fraction of sp³-hybridized carbons (Fsp3) is 0.571. The van der Waals surface area contributed by atoms with Gasteiger partial charge in [0.2, 0.25) is 0 Å². The largest absolute Gasteiger partial charge is 0.355 e. The monoisotopic (exact) mass is 382 g/mol. The summed E-state index contributed by atoms with van der Waals surface area (Å²) in [7, 11) is -8.34. The number of thiol groups is 1. The van der Waals surface area contributed by atoms with E-state index < -0.39 is 24.1 Å². The highest BCUT2D eigenvalue weighted by atomic mass is 32.2. The topological polar surface area (TPSA) is 89.9 Å². The molecule has 9 heteroatoms. The van der Waals surface area contributed by atoms with Crippen LogP contribution >= 0.6 is 20.2 Å². The van der Waals surface area contributed by atoms with Crippen LogP contribution in [0.5, 0.6) is 0 Å². The van der Waals surface area contributed by atoms with E-state index in [4.69, 9.17) is 8.71 Å². The molecule has 1 aromatic rings. The first-order chi connectivity index (χ1) is 10.5. The van der Waals surface area contributed by atoms with E-state index in [2.05, 4.69) is 12.6 Å². The normalized spacial score (nSPS) is 16.3. The molecule has 0 saturated carbocycles. The molecule has 0 aliphatic carbocycles. The highest BCUT2D eigenvalue weighted by Gasteiger charge is 2.29. The van der Waals surface area contributed by atoms with Crippen molar-refractivity contribution in [2.24, 2.45) is 5.92 Å². The van der Waals surface area contributed by atoms with Gasteiger partial charge in [-0.05, 0) is 30.9 Å². The standard InChI is InChI=1S/C14H23O6PS2/c1-10(2)8-19-21(15,16)9-20-23(17,18)14-11(3)6-5-7-13(14)12(4)22/h5-7,10,12,22H,8-9H2,1-4H3,(H,15,16). The van der Waals surface area contributed by atoms with Gasteiger partial charge < -0.3 is 9.42 Å². The first-order valence-corrected chi connectivity index (χ1v) is 10.8. The molecule has 6 nitrogen and oxygen atoms in total. The summed E-state index contributed by atoms with van der Waals surface area (Å²) in [6.45, 7) is 7.03. The van der Waals surface area contributed by atoms with Gasteiger partial charge in [0, 0.05) is 5.25 Å². The summed E-state index contributed by atoms with van der Waals surface area (Å²) in [5.74, 6) is 0.0417. The van der Waals surface area contributed by atoms with Crippen molar-refractivity contribution in [3.8, 4) is 0 Å². The molecular weight excluding hydrogens is 359 g/mol. The van der Waals surface area contributed by atoms with Crippen LogP contribution < -0.4 is 0 Å². The Balaban J connectivity index is 2.99. The minimum Gasteiger partial charge on any atom is -0.323 e. The van der Waals surface area contributed by atoms with E-state index in [9.17, 15) is 17.9 Å². The Hall–Kier alpha value is -0.370. The number of hydrogen-bond donors (Lipinski definition) is 2. The van der Waals surface area contributed by atoms with Gasteiger partial charge in [-0.3, -0.25) is 8.75 Å². The smallest absolute Gasteiger partial charge is 0.323 e. The molecule has 0 heterocycles. The van der Waals surface area contributed by atoms with E-state index in [0.29, 0.717) is 11.1 Å². The molecule has 1 aromatic carbocycles. The first kappa shape index (κ1) is 20.7. The molecule has 1 rings (SSSR count). The molecule has 2 unspecified atom stereocenters. The minimum absolute atomic E-state index is 0.0219. The van der Waals surface area contributed by atoms with E-state index in [-0.39, 0.29) is 22.7 Å². The number of rotatable bonds is 8. The van der Waals surface area contributed by atoms with E-state index in [1.165, 1.54) is 0 Å². The Morgan fingerprint density at radius 1 is 1.30 bits per heavy atom. The van der Waals surface area contributed by atoms with E-state index in [1.54, 1.807) is 32.0 Å². The highest BCUT2D eigenvalue weighted by Crippen LogP contribution is 2.43. The van der Waals surface area contributed by atoms with E-state index in [0.717, 1.165) is 0 Å². The second kappa shape index (κ2) is 8.14. The average Bonchev–Trinajstić information content (AvgIpc) is 2.43. The zero-order valence-electron chi connectivity index (χ0n) is 13.6. The zero-order valence-corrected chi connectivity index (χ0v) is 16.2. The van der Waals surface area contributed by atoms with Gasteiger partial charge in [-0.1, -0.05) is 32.0 Å². The quantitative estimate of drug-likeness (QED) is 0.406. The molecule has 0 fully saturated rings. The third-order valence-electron chi connectivity index (χ3n) is 2.92. The van der Waals surface area contributed by atoms with Crippen molar-refractivity contribution in [1.29, 1.82) is 0 Å². The molecule has 0 aliphatic heterocycles. The summed E-state index contributed by atoms with van der Waals surface area (Å²) < 4.78 is 46.3. The molecule has 0 aliphatic rings. The third kappa shape index (κ3) is 6.21. The number of aryl methyl sites for hydroxylation is 1. The summed E-state index contributed by atoms with van der Waals surface area (Å²) in [4.78, 5) is 9.63. The summed E-state index contributed by atoms with van der Waals surface area (Å²) >= 11 is 4.27. The van der Waals surface area contributed by atoms with E-state index >= 15 is 0 Å². The molecule has 0 aromatic heterocycles. The second-order valence-corrected chi connectivity index (χ2v) is 9.82. The van der Waals surface area contributed by atoms with Crippen molar-refractivity contribution in [2.75, 3.05) is 13.0 Å². The lowest BCUT2D eigenvalue weighted by molar-refractivity contribution is 0.209. The van der Waals surface area contributed by atoms with E-state index in [1.807, 2.05) is 13.8 Å². The van der Waals surface area contributed by atoms with Crippen molar-refractivity contribution < 1.29 is 26.6 Å². The molecule has 0 spiro atoms. The predicted molar refractivity (Wildman–Crippen MR) is 92.3 cm³/mol. The molecule has 132 valence electrons. The first-order valence-electron chi connectivity index (χ1n) is 7.09. The van der Waals surface area contributed by atoms with Crippen molar-refractivity contribution in [1.82, 2.24) is 0 Å². The molecule has 2 atom stereocenters. The van der Waals surface area contributed by atoms with Gasteiger partial charge in [-0.25, -0.2) is 0 Å². The van der Waals surface area contributed by atoms with Crippen molar-refractivity contribution in [3.63, 3.8) is 0 Å². The second-order valence-electron chi connectivity index (χ2n) is 5.70. The van der Waals surface area contributed by atoms with Crippen LogP contribution in [0.3, 0.4) is 0 Å². The van der Waals surface area contributed by atoms with Gasteiger partial charge in [0.25, 0.3) is 10.1 Å². The summed E-state index contributed by atoms with van der Waals surface area (Å²) in [5.41, 5.74) is 0.962. The Morgan fingerprint density at radius 2 is 1.91 bits per heavy atom. The molecule has 0 amide bonds. The SMILES string of the molecule is Cc1cccc(C(C)S)c1S(=O)(=O)OCP(=O)(O)OCC(C)C. The van der Waals surface area contributed by atoms with Crippen molar-refractivity contribution in [3.05, 3.63) is 29.3 Å². The fourth-order valence-electron chi connectivity index (χ4n) is 1.84. The number of hydrogen-bond acceptors (Lipinski definition) is 6. The molecule has 23 heavy (non-hydrogen) atoms. The third-order valence-corrected chi connectivity index (χ3v) is 5.87. The van der Waals surface area contributed by atoms with Gasteiger partial charge >= 0.3 is 7.60 Å². The molecule has 0 radical (unpaired) electrons. The highest BCUT2D eigenvalue weighted by molar-refractivity contribution is 7.87. The van der Waals surface area contributed by atoms with Crippen LogP contribution in [0.15, 0.2) is 23.1 Å². The summed E-state index contributed by atoms with van der Waals surface area (Å²) in [6, 6.07) is 4.98. The molecule has 0 bridgehead atoms. The molecule has 0 saturated heterocycles. The van der Waals surface area contributed by atoms with Gasteiger partial charge in [-0.15, -0.1) is 0 Å². The maximum atomic E-state index is 12.4. The van der Waals surface area contributed by atoms with Crippen LogP contribution in [0.25, 0.3) is 0 Å². The minimum atomic E-state index is -4.20. The number of benzene rings is 1. The van der Waals surface area contributed by atoms with Crippen LogP contribution in [0, 0.1) is 12.8 Å². The summed E-state index contributed by atoms with van der Waals surface area (Å²) in [6.07, 6.45) is -0.920. The fourth-order valence-corrected chi connectivity index (χ4v) is 4.95. The van der Waals surface area contributed by atoms with Gasteiger partial charge in [0.15, 0.2) is 6.35 Å². The molecular formula is C14H23O6PS2. The van der Waals surface area contributed by atoms with Gasteiger partial charge in [0.1, 0.15) is 4.90 Å². The van der Waals surface area contributed by atoms with Crippen LogP contribution in [-0.4, -0.2) is 26.3 Å².